The molecule has 1 aliphatic heterocycles. The lowest BCUT2D eigenvalue weighted by Gasteiger charge is -2.34. The number of amides is 1. The Bertz CT molecular complexity index is 962. The molecule has 30 heavy (non-hydrogen) atoms. The SMILES string of the molecule is CC(C)Oc1nc(C#N)cc2cnc(N[C@H]3CCCN(C(=O)OC(C)(C)C)C3)cc12. The van der Waals surface area contributed by atoms with E-state index in [1.165, 1.54) is 0 Å². The highest BCUT2D eigenvalue weighted by atomic mass is 16.6. The largest absolute Gasteiger partial charge is 0.474 e. The second kappa shape index (κ2) is 8.74. The molecule has 1 atom stereocenters. The third kappa shape index (κ3) is 5.50. The van der Waals surface area contributed by atoms with E-state index in [1.54, 1.807) is 17.2 Å². The van der Waals surface area contributed by atoms with Gasteiger partial charge in [-0.2, -0.15) is 5.26 Å². The van der Waals surface area contributed by atoms with Gasteiger partial charge in [0.15, 0.2) is 0 Å². The number of nitrogens with one attached hydrogen (secondary N) is 1. The molecule has 0 saturated carbocycles. The number of likely N-dealkylation sites (tertiary alicyclic amines) is 1. The normalized spacial score (nSPS) is 17.0. The highest BCUT2D eigenvalue weighted by Crippen LogP contribution is 2.28. The zero-order chi connectivity index (χ0) is 21.9. The number of aromatic nitrogens is 2. The Labute approximate surface area is 177 Å². The number of nitrogens with zero attached hydrogens (tertiary/aromatic N) is 4. The molecule has 8 heteroatoms. The Morgan fingerprint density at radius 1 is 1.37 bits per heavy atom. The van der Waals surface area contributed by atoms with Crippen molar-refractivity contribution in [3.63, 3.8) is 0 Å². The van der Waals surface area contributed by atoms with E-state index >= 15 is 0 Å². The van der Waals surface area contributed by atoms with Crippen LogP contribution in [0, 0.1) is 11.3 Å². The van der Waals surface area contributed by atoms with Gasteiger partial charge in [0.1, 0.15) is 23.2 Å². The number of anilines is 1. The minimum absolute atomic E-state index is 0.0667. The first-order valence-corrected chi connectivity index (χ1v) is 10.3. The monoisotopic (exact) mass is 411 g/mol. The summed E-state index contributed by atoms with van der Waals surface area (Å²) in [5.74, 6) is 1.10. The van der Waals surface area contributed by atoms with Crippen molar-refractivity contribution >= 4 is 22.7 Å². The van der Waals surface area contributed by atoms with Gasteiger partial charge in [0.2, 0.25) is 5.88 Å². The molecule has 1 fully saturated rings. The summed E-state index contributed by atoms with van der Waals surface area (Å²) < 4.78 is 11.3. The number of pyridine rings is 2. The van der Waals surface area contributed by atoms with E-state index in [4.69, 9.17) is 9.47 Å². The quantitative estimate of drug-likeness (QED) is 0.808. The summed E-state index contributed by atoms with van der Waals surface area (Å²) >= 11 is 0. The van der Waals surface area contributed by atoms with Crippen molar-refractivity contribution in [2.24, 2.45) is 0 Å². The Kier molecular flexibility index (Phi) is 6.30. The molecule has 3 rings (SSSR count). The third-order valence-corrected chi connectivity index (χ3v) is 4.57. The number of hydrogen-bond acceptors (Lipinski definition) is 7. The lowest BCUT2D eigenvalue weighted by atomic mass is 10.1. The van der Waals surface area contributed by atoms with Crippen molar-refractivity contribution in [1.29, 1.82) is 5.26 Å². The predicted octanol–water partition coefficient (Wildman–Crippen LogP) is 4.10. The lowest BCUT2D eigenvalue weighted by molar-refractivity contribution is 0.0206. The average Bonchev–Trinajstić information content (AvgIpc) is 2.66. The van der Waals surface area contributed by atoms with E-state index in [0.29, 0.717) is 30.5 Å². The molecule has 2 aromatic rings. The zero-order valence-electron chi connectivity index (χ0n) is 18.2. The minimum Gasteiger partial charge on any atom is -0.474 e. The summed E-state index contributed by atoms with van der Waals surface area (Å²) in [6.45, 7) is 10.7. The smallest absolute Gasteiger partial charge is 0.410 e. The lowest BCUT2D eigenvalue weighted by Crippen LogP contribution is -2.47. The van der Waals surface area contributed by atoms with Crippen molar-refractivity contribution in [1.82, 2.24) is 14.9 Å². The van der Waals surface area contributed by atoms with Gasteiger partial charge in [-0.15, -0.1) is 0 Å². The van der Waals surface area contributed by atoms with Gasteiger partial charge in [0.05, 0.1) is 6.10 Å². The molecule has 0 spiro atoms. The molecule has 1 saturated heterocycles. The number of hydrogen-bond donors (Lipinski definition) is 1. The van der Waals surface area contributed by atoms with Crippen molar-refractivity contribution in [3.05, 3.63) is 24.0 Å². The summed E-state index contributed by atoms with van der Waals surface area (Å²) in [4.78, 5) is 22.9. The van der Waals surface area contributed by atoms with E-state index < -0.39 is 5.60 Å². The van der Waals surface area contributed by atoms with Gasteiger partial charge in [-0.05, 0) is 59.6 Å². The minimum atomic E-state index is -0.514. The van der Waals surface area contributed by atoms with Crippen LogP contribution in [0.1, 0.15) is 53.2 Å². The van der Waals surface area contributed by atoms with Crippen LogP contribution in [0.5, 0.6) is 5.88 Å². The van der Waals surface area contributed by atoms with E-state index in [2.05, 4.69) is 21.4 Å². The first-order valence-electron chi connectivity index (χ1n) is 10.3. The maximum absolute atomic E-state index is 12.4. The molecular weight excluding hydrogens is 382 g/mol. The molecule has 3 heterocycles. The van der Waals surface area contributed by atoms with Crippen molar-refractivity contribution in [2.45, 2.75) is 65.2 Å². The Morgan fingerprint density at radius 2 is 2.13 bits per heavy atom. The number of fused-ring (bicyclic) bond motifs is 1. The average molecular weight is 412 g/mol. The molecule has 0 aromatic carbocycles. The molecule has 1 amide bonds. The van der Waals surface area contributed by atoms with Gasteiger partial charge in [0.25, 0.3) is 0 Å². The fraction of sp³-hybridized carbons (Fsp3) is 0.545. The number of piperidine rings is 1. The first kappa shape index (κ1) is 21.6. The van der Waals surface area contributed by atoms with Crippen molar-refractivity contribution < 1.29 is 14.3 Å². The van der Waals surface area contributed by atoms with E-state index in [9.17, 15) is 10.1 Å². The number of ether oxygens (including phenoxy) is 2. The summed E-state index contributed by atoms with van der Waals surface area (Å²) in [6.07, 6.45) is 3.17. The summed E-state index contributed by atoms with van der Waals surface area (Å²) in [5.41, 5.74) is -0.222. The Morgan fingerprint density at radius 3 is 2.80 bits per heavy atom. The van der Waals surface area contributed by atoms with Gasteiger partial charge in [-0.25, -0.2) is 14.8 Å². The highest BCUT2D eigenvalue weighted by Gasteiger charge is 2.27. The van der Waals surface area contributed by atoms with Crippen LogP contribution in [0.4, 0.5) is 10.6 Å². The van der Waals surface area contributed by atoms with Crippen LogP contribution < -0.4 is 10.1 Å². The molecule has 160 valence electrons. The molecule has 0 radical (unpaired) electrons. The Hall–Kier alpha value is -3.08. The van der Waals surface area contributed by atoms with Crippen molar-refractivity contribution in [2.75, 3.05) is 18.4 Å². The second-order valence-electron chi connectivity index (χ2n) is 8.79. The van der Waals surface area contributed by atoms with Crippen LogP contribution >= 0.6 is 0 Å². The maximum atomic E-state index is 12.4. The van der Waals surface area contributed by atoms with Crippen molar-refractivity contribution in [3.8, 4) is 11.9 Å². The fourth-order valence-corrected chi connectivity index (χ4v) is 3.36. The zero-order valence-corrected chi connectivity index (χ0v) is 18.2. The summed E-state index contributed by atoms with van der Waals surface area (Å²) in [6, 6.07) is 5.71. The second-order valence-corrected chi connectivity index (χ2v) is 8.79. The summed E-state index contributed by atoms with van der Waals surface area (Å²) in [7, 11) is 0. The van der Waals surface area contributed by atoms with Gasteiger partial charge in [-0.1, -0.05) is 0 Å². The van der Waals surface area contributed by atoms with Crippen LogP contribution in [-0.2, 0) is 4.74 Å². The van der Waals surface area contributed by atoms with Gasteiger partial charge in [0, 0.05) is 36.1 Å². The molecule has 1 N–H and O–H groups in total. The van der Waals surface area contributed by atoms with Gasteiger partial charge in [-0.3, -0.25) is 0 Å². The van der Waals surface area contributed by atoms with Crippen LogP contribution in [0.15, 0.2) is 18.3 Å². The predicted molar refractivity (Wildman–Crippen MR) is 114 cm³/mol. The third-order valence-electron chi connectivity index (χ3n) is 4.57. The Balaban J connectivity index is 1.78. The van der Waals surface area contributed by atoms with Gasteiger partial charge < -0.3 is 19.7 Å². The highest BCUT2D eigenvalue weighted by molar-refractivity contribution is 5.89. The molecular formula is C22H29N5O3. The van der Waals surface area contributed by atoms with E-state index in [1.807, 2.05) is 40.7 Å². The fourth-order valence-electron chi connectivity index (χ4n) is 3.36. The number of rotatable bonds is 4. The van der Waals surface area contributed by atoms with Gasteiger partial charge >= 0.3 is 6.09 Å². The molecule has 8 nitrogen and oxygen atoms in total. The standard InChI is InChI=1S/C22H29N5O3/c1-14(2)29-20-18-10-19(24-12-15(18)9-17(11-23)26-20)25-16-7-6-8-27(13-16)21(28)30-22(3,4)5/h9-10,12,14,16H,6-8,13H2,1-5H3,(H,24,25)/t16-/m0/s1. The van der Waals surface area contributed by atoms with Crippen LogP contribution in [0.2, 0.25) is 0 Å². The molecule has 0 unspecified atom stereocenters. The molecule has 1 aliphatic rings. The number of carbonyl (C=O) groups excluding carboxylic acids is 1. The van der Waals surface area contributed by atoms with E-state index in [-0.39, 0.29) is 18.2 Å². The maximum Gasteiger partial charge on any atom is 0.410 e. The van der Waals surface area contributed by atoms with E-state index in [0.717, 1.165) is 23.6 Å². The molecule has 2 aromatic heterocycles. The van der Waals surface area contributed by atoms with Crippen LogP contribution in [0.25, 0.3) is 10.8 Å². The molecule has 0 bridgehead atoms. The van der Waals surface area contributed by atoms with Crippen LogP contribution in [-0.4, -0.2) is 51.8 Å². The summed E-state index contributed by atoms with van der Waals surface area (Å²) in [5, 5.41) is 14.2. The van der Waals surface area contributed by atoms with Crippen LogP contribution in [0.3, 0.4) is 0 Å². The topological polar surface area (TPSA) is 100 Å². The number of carbonyl (C=O) groups is 1. The number of nitriles is 1. The first-order chi connectivity index (χ1) is 14.1. The molecule has 0 aliphatic carbocycles.